The largest absolute Gasteiger partial charge is 0.497 e. The Balaban J connectivity index is 1.57. The van der Waals surface area contributed by atoms with E-state index in [1.807, 2.05) is 43.3 Å². The summed E-state index contributed by atoms with van der Waals surface area (Å²) in [6, 6.07) is 13.0. The highest BCUT2D eigenvalue weighted by Gasteiger charge is 2.34. The van der Waals surface area contributed by atoms with Gasteiger partial charge in [-0.3, -0.25) is 4.79 Å². The Labute approximate surface area is 213 Å². The third-order valence-corrected chi connectivity index (χ3v) is 6.11. The lowest BCUT2D eigenvalue weighted by Crippen LogP contribution is -2.25. The molecule has 10 nitrogen and oxygen atoms in total. The fourth-order valence-corrected chi connectivity index (χ4v) is 4.42. The van der Waals surface area contributed by atoms with Crippen molar-refractivity contribution in [1.29, 1.82) is 0 Å². The highest BCUT2D eigenvalue weighted by Crippen LogP contribution is 2.42. The summed E-state index contributed by atoms with van der Waals surface area (Å²) in [5, 5.41) is 16.0. The van der Waals surface area contributed by atoms with Gasteiger partial charge in [0.2, 0.25) is 5.91 Å². The Hall–Kier alpha value is -4.91. The smallest absolute Gasteiger partial charge is 0.272 e. The van der Waals surface area contributed by atoms with E-state index in [2.05, 4.69) is 31.5 Å². The van der Waals surface area contributed by atoms with Crippen LogP contribution in [0.3, 0.4) is 0 Å². The molecular weight excluding hydrogens is 472 g/mol. The molecule has 0 aliphatic carbocycles. The van der Waals surface area contributed by atoms with Gasteiger partial charge in [0.25, 0.3) is 5.95 Å². The number of carbonyl (C=O) groups is 1. The molecule has 37 heavy (non-hydrogen) atoms. The van der Waals surface area contributed by atoms with Gasteiger partial charge in [-0.1, -0.05) is 24.1 Å². The third-order valence-electron chi connectivity index (χ3n) is 6.11. The van der Waals surface area contributed by atoms with Crippen LogP contribution in [0.25, 0.3) is 17.2 Å². The monoisotopic (exact) mass is 496 g/mol. The molecule has 186 valence electrons. The Morgan fingerprint density at radius 2 is 2.03 bits per heavy atom. The minimum absolute atomic E-state index is 0.0984. The molecule has 4 aromatic rings. The van der Waals surface area contributed by atoms with E-state index in [9.17, 15) is 4.79 Å². The summed E-state index contributed by atoms with van der Waals surface area (Å²) in [5.74, 6) is 4.54. The lowest BCUT2D eigenvalue weighted by atomic mass is 9.85. The van der Waals surface area contributed by atoms with Crippen molar-refractivity contribution in [2.24, 2.45) is 0 Å². The molecule has 3 heterocycles. The van der Waals surface area contributed by atoms with Gasteiger partial charge in [0.05, 0.1) is 31.8 Å². The van der Waals surface area contributed by atoms with Crippen LogP contribution >= 0.6 is 0 Å². The van der Waals surface area contributed by atoms with Gasteiger partial charge in [-0.05, 0) is 36.8 Å². The molecule has 0 saturated carbocycles. The number of anilines is 1. The fraction of sp³-hybridized carbons (Fsp3) is 0.222. The first kappa shape index (κ1) is 23.8. The Kier molecular flexibility index (Phi) is 6.43. The number of hydrogen-bond acceptors (Lipinski definition) is 8. The number of benzene rings is 2. The number of aryl methyl sites for hydroxylation is 1. The SMILES string of the molecule is C#CCOc1cc([C@@H]2CC(=O)Nc3c2c(C)nn3-c2nncc(-c3cccc(OC)c3)n2)ccc1OC. The number of nitrogens with zero attached hydrogens (tertiary/aromatic N) is 5. The summed E-state index contributed by atoms with van der Waals surface area (Å²) in [6.45, 7) is 1.99. The Bertz CT molecular complexity index is 1520. The van der Waals surface area contributed by atoms with Gasteiger partial charge in [0, 0.05) is 23.5 Å². The van der Waals surface area contributed by atoms with E-state index < -0.39 is 0 Å². The van der Waals surface area contributed by atoms with Crippen molar-refractivity contribution in [2.45, 2.75) is 19.3 Å². The number of nitrogens with one attached hydrogen (secondary N) is 1. The number of amides is 1. The topological polar surface area (TPSA) is 113 Å². The van der Waals surface area contributed by atoms with Gasteiger partial charge in [-0.15, -0.1) is 11.5 Å². The number of rotatable bonds is 7. The molecule has 0 saturated heterocycles. The zero-order valence-corrected chi connectivity index (χ0v) is 20.6. The number of ether oxygens (including phenoxy) is 3. The van der Waals surface area contributed by atoms with Crippen LogP contribution in [0.15, 0.2) is 48.7 Å². The zero-order chi connectivity index (χ0) is 25.9. The van der Waals surface area contributed by atoms with Crippen molar-refractivity contribution < 1.29 is 19.0 Å². The molecule has 5 rings (SSSR count). The van der Waals surface area contributed by atoms with Gasteiger partial charge in [-0.2, -0.15) is 14.9 Å². The number of hydrogen-bond donors (Lipinski definition) is 1. The van der Waals surface area contributed by atoms with Crippen molar-refractivity contribution in [3.05, 3.63) is 65.5 Å². The lowest BCUT2D eigenvalue weighted by molar-refractivity contribution is -0.116. The fourth-order valence-electron chi connectivity index (χ4n) is 4.42. The molecule has 0 unspecified atom stereocenters. The molecular formula is C27H24N6O4. The van der Waals surface area contributed by atoms with Crippen molar-refractivity contribution in [3.63, 3.8) is 0 Å². The summed E-state index contributed by atoms with van der Waals surface area (Å²) in [4.78, 5) is 17.5. The molecule has 1 amide bonds. The quantitative estimate of drug-likeness (QED) is 0.387. The van der Waals surface area contributed by atoms with Gasteiger partial charge < -0.3 is 19.5 Å². The average Bonchev–Trinajstić information content (AvgIpc) is 3.27. The Morgan fingerprint density at radius 1 is 1.16 bits per heavy atom. The predicted molar refractivity (Wildman–Crippen MR) is 136 cm³/mol. The summed E-state index contributed by atoms with van der Waals surface area (Å²) in [7, 11) is 3.17. The van der Waals surface area contributed by atoms with Crippen molar-refractivity contribution in [2.75, 3.05) is 26.1 Å². The second-order valence-electron chi connectivity index (χ2n) is 8.34. The van der Waals surface area contributed by atoms with Crippen LogP contribution in [0.1, 0.15) is 29.2 Å². The first-order valence-electron chi connectivity index (χ1n) is 11.5. The standard InChI is InChI=1S/C27H24N6O4/c1-5-11-37-23-13-17(9-10-22(23)36-4)20-14-24(34)30-26-25(20)16(2)32-33(26)27-29-21(15-28-31-27)18-7-6-8-19(12-18)35-3/h1,6-10,12-13,15,20H,11,14H2,2-4H3,(H,30,34)/t20-/m0/s1. The number of methoxy groups -OCH3 is 2. The molecule has 0 spiro atoms. The molecule has 0 fully saturated rings. The van der Waals surface area contributed by atoms with E-state index in [1.165, 1.54) is 4.68 Å². The van der Waals surface area contributed by atoms with Gasteiger partial charge in [-0.25, -0.2) is 4.98 Å². The summed E-state index contributed by atoms with van der Waals surface area (Å²) < 4.78 is 17.9. The molecule has 2 aromatic carbocycles. The first-order valence-corrected chi connectivity index (χ1v) is 11.5. The van der Waals surface area contributed by atoms with E-state index in [-0.39, 0.29) is 30.8 Å². The van der Waals surface area contributed by atoms with Crippen LogP contribution in [0.4, 0.5) is 5.82 Å². The van der Waals surface area contributed by atoms with Crippen molar-refractivity contribution in [3.8, 4) is 46.8 Å². The van der Waals surface area contributed by atoms with E-state index >= 15 is 0 Å². The number of aromatic nitrogens is 5. The van der Waals surface area contributed by atoms with Crippen molar-refractivity contribution >= 4 is 11.7 Å². The van der Waals surface area contributed by atoms with Gasteiger partial charge in [0.15, 0.2) is 11.5 Å². The molecule has 10 heteroatoms. The normalized spacial score (nSPS) is 14.3. The lowest BCUT2D eigenvalue weighted by Gasteiger charge is -2.25. The van der Waals surface area contributed by atoms with Crippen LogP contribution in [0, 0.1) is 19.3 Å². The predicted octanol–water partition coefficient (Wildman–Crippen LogP) is 3.54. The Morgan fingerprint density at radius 3 is 2.81 bits per heavy atom. The zero-order valence-electron chi connectivity index (χ0n) is 20.6. The minimum atomic E-state index is -0.272. The number of terminal acetylenes is 1. The second kappa shape index (κ2) is 9.99. The maximum Gasteiger partial charge on any atom is 0.272 e. The van der Waals surface area contributed by atoms with Gasteiger partial charge in [0.1, 0.15) is 18.2 Å². The maximum absolute atomic E-state index is 12.8. The van der Waals surface area contributed by atoms with Gasteiger partial charge >= 0.3 is 0 Å². The molecule has 0 bridgehead atoms. The summed E-state index contributed by atoms with van der Waals surface area (Å²) in [6.07, 6.45) is 7.17. The van der Waals surface area contributed by atoms with E-state index in [4.69, 9.17) is 20.6 Å². The molecule has 1 aliphatic rings. The van der Waals surface area contributed by atoms with E-state index in [0.29, 0.717) is 28.8 Å². The summed E-state index contributed by atoms with van der Waals surface area (Å²) >= 11 is 0. The summed E-state index contributed by atoms with van der Waals surface area (Å²) in [5.41, 5.74) is 3.87. The third kappa shape index (κ3) is 4.54. The molecule has 1 aliphatic heterocycles. The number of fused-ring (bicyclic) bond motifs is 1. The van der Waals surface area contributed by atoms with Crippen molar-refractivity contribution in [1.82, 2.24) is 25.0 Å². The first-order chi connectivity index (χ1) is 18.0. The molecule has 1 atom stereocenters. The average molecular weight is 497 g/mol. The number of carbonyl (C=O) groups excluding carboxylic acids is 1. The van der Waals surface area contributed by atoms with Crippen LogP contribution < -0.4 is 19.5 Å². The highest BCUT2D eigenvalue weighted by atomic mass is 16.5. The van der Waals surface area contributed by atoms with E-state index in [0.717, 1.165) is 22.4 Å². The second-order valence-corrected chi connectivity index (χ2v) is 8.34. The molecule has 0 radical (unpaired) electrons. The van der Waals surface area contributed by atoms with Crippen LogP contribution in [-0.2, 0) is 4.79 Å². The highest BCUT2D eigenvalue weighted by molar-refractivity contribution is 5.95. The van der Waals surface area contributed by atoms with E-state index in [1.54, 1.807) is 26.5 Å². The molecule has 2 aromatic heterocycles. The molecule has 1 N–H and O–H groups in total. The minimum Gasteiger partial charge on any atom is -0.497 e. The van der Waals surface area contributed by atoms with Crippen LogP contribution in [0.2, 0.25) is 0 Å². The van der Waals surface area contributed by atoms with Crippen LogP contribution in [0.5, 0.6) is 17.2 Å². The van der Waals surface area contributed by atoms with Crippen LogP contribution in [-0.4, -0.2) is 51.7 Å². The maximum atomic E-state index is 12.8.